The first-order valence-electron chi connectivity index (χ1n) is 9.07. The molecule has 6 heteroatoms. The molecule has 2 atom stereocenters. The first kappa shape index (κ1) is 17.7. The van der Waals surface area contributed by atoms with Crippen LogP contribution in [0.15, 0.2) is 42.7 Å². The Morgan fingerprint density at radius 3 is 2.96 bits per heavy atom. The van der Waals surface area contributed by atoms with Crippen LogP contribution >= 0.6 is 0 Å². The average molecular weight is 367 g/mol. The summed E-state index contributed by atoms with van der Waals surface area (Å²) in [4.78, 5) is 17.1. The number of aryl methyl sites for hydroxylation is 1. The van der Waals surface area contributed by atoms with E-state index in [-0.39, 0.29) is 11.7 Å². The van der Waals surface area contributed by atoms with E-state index in [0.29, 0.717) is 24.0 Å². The number of nitrogens with zero attached hydrogens (tertiary/aromatic N) is 2. The Morgan fingerprint density at radius 2 is 2.19 bits per heavy atom. The number of benzene rings is 2. The molecule has 1 saturated carbocycles. The Kier molecular flexibility index (Phi) is 4.23. The molecule has 4 rings (SSSR count). The van der Waals surface area contributed by atoms with Crippen LogP contribution in [0.3, 0.4) is 0 Å². The van der Waals surface area contributed by atoms with Crippen molar-refractivity contribution in [1.29, 1.82) is 0 Å². The predicted molar refractivity (Wildman–Crippen MR) is 100 cm³/mol. The molecule has 1 aliphatic carbocycles. The highest BCUT2D eigenvalue weighted by Crippen LogP contribution is 2.49. The molecule has 0 aliphatic heterocycles. The van der Waals surface area contributed by atoms with Gasteiger partial charge in [-0.3, -0.25) is 10.0 Å². The van der Waals surface area contributed by atoms with Crippen LogP contribution in [-0.2, 0) is 17.3 Å². The molecule has 0 radical (unpaired) electrons. The lowest BCUT2D eigenvalue weighted by molar-refractivity contribution is -0.135. The van der Waals surface area contributed by atoms with Crippen LogP contribution in [0.25, 0.3) is 11.0 Å². The summed E-state index contributed by atoms with van der Waals surface area (Å²) in [7, 11) is 1.95. The first-order valence-corrected chi connectivity index (χ1v) is 9.07. The first-order chi connectivity index (χ1) is 13.0. The van der Waals surface area contributed by atoms with Crippen molar-refractivity contribution in [3.63, 3.8) is 0 Å². The van der Waals surface area contributed by atoms with E-state index in [2.05, 4.69) is 11.1 Å². The zero-order valence-corrected chi connectivity index (χ0v) is 15.4. The van der Waals surface area contributed by atoms with Gasteiger partial charge in [0.1, 0.15) is 5.82 Å². The second-order valence-corrected chi connectivity index (χ2v) is 7.48. The fourth-order valence-corrected chi connectivity index (χ4v) is 4.53. The van der Waals surface area contributed by atoms with Crippen LogP contribution in [0.5, 0.6) is 0 Å². The van der Waals surface area contributed by atoms with Crippen LogP contribution < -0.4 is 5.48 Å². The Balaban J connectivity index is 1.76. The van der Waals surface area contributed by atoms with E-state index in [4.69, 9.17) is 0 Å². The number of carbonyl (C=O) groups is 1. The molecule has 5 nitrogen and oxygen atoms in total. The van der Waals surface area contributed by atoms with Gasteiger partial charge >= 0.3 is 0 Å². The van der Waals surface area contributed by atoms with E-state index in [1.165, 1.54) is 6.07 Å². The summed E-state index contributed by atoms with van der Waals surface area (Å²) >= 11 is 0. The van der Waals surface area contributed by atoms with Crippen molar-refractivity contribution in [1.82, 2.24) is 15.0 Å². The zero-order chi connectivity index (χ0) is 19.2. The molecule has 0 saturated heterocycles. The number of aromatic nitrogens is 2. The van der Waals surface area contributed by atoms with Gasteiger partial charge in [0.15, 0.2) is 0 Å². The Labute approximate surface area is 156 Å². The molecule has 0 bridgehead atoms. The number of fused-ring (bicyclic) bond motifs is 1. The third-order valence-corrected chi connectivity index (χ3v) is 6.05. The maximum absolute atomic E-state index is 14.2. The standard InChI is InChI=1S/C21H22FN3O2/c1-13-16(4-3-5-17(13)22)21(20(26)24-27)9-8-15(11-21)14-6-7-18-19(10-14)25(2)12-23-18/h3-7,10,12,15,27H,8-9,11H2,1-2H3,(H,24,26)/t15-,21-/m0/s1. The normalized spacial score (nSPS) is 22.3. The molecule has 2 N–H and O–H groups in total. The largest absolute Gasteiger partial charge is 0.334 e. The minimum absolute atomic E-state index is 0.143. The van der Waals surface area contributed by atoms with Crippen LogP contribution in [0, 0.1) is 12.7 Å². The molecule has 1 fully saturated rings. The highest BCUT2D eigenvalue weighted by Gasteiger charge is 2.48. The van der Waals surface area contributed by atoms with Gasteiger partial charge in [0, 0.05) is 7.05 Å². The molecule has 1 heterocycles. The van der Waals surface area contributed by atoms with Gasteiger partial charge in [0.2, 0.25) is 0 Å². The van der Waals surface area contributed by atoms with Crippen LogP contribution in [0.2, 0.25) is 0 Å². The highest BCUT2D eigenvalue weighted by molar-refractivity contribution is 5.88. The van der Waals surface area contributed by atoms with Crippen LogP contribution in [-0.4, -0.2) is 20.7 Å². The molecule has 140 valence electrons. The van der Waals surface area contributed by atoms with Crippen molar-refractivity contribution >= 4 is 16.9 Å². The fraction of sp³-hybridized carbons (Fsp3) is 0.333. The summed E-state index contributed by atoms with van der Waals surface area (Å²) < 4.78 is 16.1. The van der Waals surface area contributed by atoms with Crippen molar-refractivity contribution in [2.75, 3.05) is 0 Å². The van der Waals surface area contributed by atoms with Gasteiger partial charge in [0.05, 0.1) is 22.8 Å². The van der Waals surface area contributed by atoms with E-state index in [9.17, 15) is 14.4 Å². The summed E-state index contributed by atoms with van der Waals surface area (Å²) in [6.45, 7) is 1.69. The lowest BCUT2D eigenvalue weighted by Gasteiger charge is -2.29. The predicted octanol–water partition coefficient (Wildman–Crippen LogP) is 3.73. The molecule has 1 aromatic heterocycles. The molecule has 27 heavy (non-hydrogen) atoms. The van der Waals surface area contributed by atoms with Crippen molar-refractivity contribution in [3.8, 4) is 0 Å². The molecule has 0 spiro atoms. The third kappa shape index (κ3) is 2.72. The summed E-state index contributed by atoms with van der Waals surface area (Å²) in [6, 6.07) is 11.0. The Morgan fingerprint density at radius 1 is 1.37 bits per heavy atom. The van der Waals surface area contributed by atoms with Crippen LogP contribution in [0.4, 0.5) is 4.39 Å². The summed E-state index contributed by atoms with van der Waals surface area (Å²) in [6.07, 6.45) is 3.64. The maximum atomic E-state index is 14.2. The summed E-state index contributed by atoms with van der Waals surface area (Å²) in [5.74, 6) is -0.665. The number of carbonyl (C=O) groups excluding carboxylic acids is 1. The van der Waals surface area contributed by atoms with Crippen LogP contribution in [0.1, 0.15) is 41.9 Å². The molecule has 3 aromatic rings. The molecule has 1 aliphatic rings. The van der Waals surface area contributed by atoms with Gasteiger partial charge in [-0.1, -0.05) is 18.2 Å². The number of amides is 1. The van der Waals surface area contributed by atoms with Gasteiger partial charge < -0.3 is 4.57 Å². The van der Waals surface area contributed by atoms with Crippen molar-refractivity contribution in [2.24, 2.45) is 7.05 Å². The van der Waals surface area contributed by atoms with Crippen molar-refractivity contribution in [3.05, 3.63) is 65.2 Å². The van der Waals surface area contributed by atoms with Gasteiger partial charge in [0.25, 0.3) is 5.91 Å². The topological polar surface area (TPSA) is 67.2 Å². The van der Waals surface area contributed by atoms with E-state index in [0.717, 1.165) is 23.0 Å². The quantitative estimate of drug-likeness (QED) is 0.547. The Bertz CT molecular complexity index is 1030. The van der Waals surface area contributed by atoms with Crippen molar-refractivity contribution in [2.45, 2.75) is 37.5 Å². The molecule has 0 unspecified atom stereocenters. The minimum atomic E-state index is -0.937. The number of hydrogen-bond acceptors (Lipinski definition) is 3. The van der Waals surface area contributed by atoms with E-state index in [1.54, 1.807) is 25.4 Å². The third-order valence-electron chi connectivity index (χ3n) is 6.05. The highest BCUT2D eigenvalue weighted by atomic mass is 19.1. The number of rotatable bonds is 3. The van der Waals surface area contributed by atoms with E-state index < -0.39 is 11.3 Å². The fourth-order valence-electron chi connectivity index (χ4n) is 4.53. The van der Waals surface area contributed by atoms with E-state index in [1.807, 2.05) is 29.2 Å². The number of halogens is 1. The lowest BCUT2D eigenvalue weighted by atomic mass is 9.75. The zero-order valence-electron chi connectivity index (χ0n) is 15.4. The number of hydroxylamine groups is 1. The monoisotopic (exact) mass is 367 g/mol. The molecule has 2 aromatic carbocycles. The molecule has 1 amide bonds. The van der Waals surface area contributed by atoms with Crippen molar-refractivity contribution < 1.29 is 14.4 Å². The second kappa shape index (κ2) is 6.46. The Hall–Kier alpha value is -2.73. The van der Waals surface area contributed by atoms with E-state index >= 15 is 0 Å². The van der Waals surface area contributed by atoms with Gasteiger partial charge in [-0.15, -0.1) is 0 Å². The van der Waals surface area contributed by atoms with Gasteiger partial charge in [-0.25, -0.2) is 14.9 Å². The smallest absolute Gasteiger partial charge is 0.254 e. The minimum Gasteiger partial charge on any atom is -0.334 e. The summed E-state index contributed by atoms with van der Waals surface area (Å²) in [5.41, 5.74) is 5.10. The average Bonchev–Trinajstić information content (AvgIpc) is 3.28. The van der Waals surface area contributed by atoms with Gasteiger partial charge in [-0.05, 0) is 67.0 Å². The lowest BCUT2D eigenvalue weighted by Crippen LogP contribution is -2.42. The molecular formula is C21H22FN3O2. The number of hydrogen-bond donors (Lipinski definition) is 2. The second-order valence-electron chi connectivity index (χ2n) is 7.48. The molecular weight excluding hydrogens is 345 g/mol. The maximum Gasteiger partial charge on any atom is 0.254 e. The summed E-state index contributed by atoms with van der Waals surface area (Å²) in [5, 5.41) is 9.38. The SMILES string of the molecule is Cc1c(F)cccc1[C@]1(C(=O)NO)CC[C@H](c2ccc3ncn(C)c3c2)C1. The number of imidazole rings is 1. The van der Waals surface area contributed by atoms with Gasteiger partial charge in [-0.2, -0.15) is 0 Å². The number of nitrogens with one attached hydrogen (secondary N) is 1.